The van der Waals surface area contributed by atoms with Gasteiger partial charge in [-0.1, -0.05) is 15.9 Å². The molecule has 1 aliphatic heterocycles. The molecule has 0 aliphatic carbocycles. The largest absolute Gasteiger partial charge is 0.492 e. The standard InChI is InChI=1S/C10H10BrN3OS/c11-6-1-2-7-8(13-14-10(12)16)3-4-15-9(7)5-6/h1-2,5H,3-4H2,(H3,12,14,16)/b13-8+. The van der Waals surface area contributed by atoms with E-state index in [1.54, 1.807) is 0 Å². The smallest absolute Gasteiger partial charge is 0.184 e. The van der Waals surface area contributed by atoms with Gasteiger partial charge in [-0.15, -0.1) is 0 Å². The van der Waals surface area contributed by atoms with Gasteiger partial charge in [0.2, 0.25) is 0 Å². The average Bonchev–Trinajstić information content (AvgIpc) is 2.25. The van der Waals surface area contributed by atoms with Crippen molar-refractivity contribution in [2.75, 3.05) is 6.61 Å². The molecule has 84 valence electrons. The molecule has 1 aromatic carbocycles. The molecule has 3 N–H and O–H groups in total. The van der Waals surface area contributed by atoms with E-state index in [1.165, 1.54) is 0 Å². The van der Waals surface area contributed by atoms with Crippen LogP contribution in [0.3, 0.4) is 0 Å². The second-order valence-corrected chi connectivity index (χ2v) is 4.63. The number of fused-ring (bicyclic) bond motifs is 1. The van der Waals surface area contributed by atoms with Crippen molar-refractivity contribution in [3.05, 3.63) is 28.2 Å². The van der Waals surface area contributed by atoms with E-state index < -0.39 is 0 Å². The first-order valence-corrected chi connectivity index (χ1v) is 5.91. The van der Waals surface area contributed by atoms with Crippen LogP contribution in [0, 0.1) is 0 Å². The quantitative estimate of drug-likeness (QED) is 0.613. The van der Waals surface area contributed by atoms with Gasteiger partial charge in [0.15, 0.2) is 5.11 Å². The lowest BCUT2D eigenvalue weighted by atomic mass is 10.0. The summed E-state index contributed by atoms with van der Waals surface area (Å²) >= 11 is 8.10. The van der Waals surface area contributed by atoms with Crippen molar-refractivity contribution in [2.24, 2.45) is 10.8 Å². The van der Waals surface area contributed by atoms with Crippen molar-refractivity contribution in [3.63, 3.8) is 0 Å². The first kappa shape index (κ1) is 11.3. The van der Waals surface area contributed by atoms with Crippen LogP contribution in [-0.2, 0) is 0 Å². The molecule has 6 heteroatoms. The summed E-state index contributed by atoms with van der Waals surface area (Å²) < 4.78 is 6.52. The molecule has 16 heavy (non-hydrogen) atoms. The molecule has 0 bridgehead atoms. The zero-order valence-corrected chi connectivity index (χ0v) is 10.8. The van der Waals surface area contributed by atoms with Crippen molar-refractivity contribution >= 4 is 39.0 Å². The van der Waals surface area contributed by atoms with Crippen LogP contribution in [0.1, 0.15) is 12.0 Å². The van der Waals surface area contributed by atoms with E-state index in [-0.39, 0.29) is 5.11 Å². The molecule has 0 radical (unpaired) electrons. The Balaban J connectivity index is 2.33. The molecule has 4 nitrogen and oxygen atoms in total. The van der Waals surface area contributed by atoms with Crippen molar-refractivity contribution in [2.45, 2.75) is 6.42 Å². The summed E-state index contributed by atoms with van der Waals surface area (Å²) in [5.41, 5.74) is 9.80. The number of thiocarbonyl (C=S) groups is 1. The van der Waals surface area contributed by atoms with Crippen LogP contribution in [0.15, 0.2) is 27.8 Å². The van der Waals surface area contributed by atoms with Crippen LogP contribution < -0.4 is 15.9 Å². The lowest BCUT2D eigenvalue weighted by Gasteiger charge is -2.19. The summed E-state index contributed by atoms with van der Waals surface area (Å²) in [5, 5.41) is 4.32. The van der Waals surface area contributed by atoms with Gasteiger partial charge in [-0.2, -0.15) is 5.10 Å². The summed E-state index contributed by atoms with van der Waals surface area (Å²) in [6.07, 6.45) is 0.740. The van der Waals surface area contributed by atoms with Gasteiger partial charge in [-0.05, 0) is 30.4 Å². The second kappa shape index (κ2) is 4.80. The van der Waals surface area contributed by atoms with Crippen molar-refractivity contribution < 1.29 is 4.74 Å². The summed E-state index contributed by atoms with van der Waals surface area (Å²) in [7, 11) is 0. The van der Waals surface area contributed by atoms with Gasteiger partial charge in [0, 0.05) is 16.5 Å². The highest BCUT2D eigenvalue weighted by atomic mass is 79.9. The number of hydrogen-bond acceptors (Lipinski definition) is 3. The van der Waals surface area contributed by atoms with E-state index in [9.17, 15) is 0 Å². The van der Waals surface area contributed by atoms with Crippen LogP contribution >= 0.6 is 28.1 Å². The van der Waals surface area contributed by atoms with Gasteiger partial charge in [0.05, 0.1) is 12.3 Å². The Kier molecular flexibility index (Phi) is 3.40. The summed E-state index contributed by atoms with van der Waals surface area (Å²) in [5.74, 6) is 0.823. The molecule has 1 heterocycles. The SMILES string of the molecule is NC(=S)N/N=C1\CCOc2cc(Br)ccc21. The van der Waals surface area contributed by atoms with Crippen molar-refractivity contribution in [1.29, 1.82) is 0 Å². The fraction of sp³-hybridized carbons (Fsp3) is 0.200. The Morgan fingerprint density at radius 2 is 2.38 bits per heavy atom. The van der Waals surface area contributed by atoms with Gasteiger partial charge < -0.3 is 10.5 Å². The Morgan fingerprint density at radius 3 is 3.12 bits per heavy atom. The number of rotatable bonds is 1. The summed E-state index contributed by atoms with van der Waals surface area (Å²) in [4.78, 5) is 0. The average molecular weight is 300 g/mol. The Bertz CT molecular complexity index is 461. The van der Waals surface area contributed by atoms with Crippen LogP contribution in [0.4, 0.5) is 0 Å². The van der Waals surface area contributed by atoms with E-state index in [1.807, 2.05) is 18.2 Å². The van der Waals surface area contributed by atoms with Gasteiger partial charge in [-0.25, -0.2) is 0 Å². The molecule has 0 spiro atoms. The van der Waals surface area contributed by atoms with Gasteiger partial charge in [0.1, 0.15) is 5.75 Å². The number of benzene rings is 1. The predicted octanol–water partition coefficient (Wildman–Crippen LogP) is 1.77. The number of nitrogens with zero attached hydrogens (tertiary/aromatic N) is 1. The molecule has 2 rings (SSSR count). The number of ether oxygens (including phenoxy) is 1. The molecule has 0 atom stereocenters. The predicted molar refractivity (Wildman–Crippen MR) is 70.7 cm³/mol. The molecule has 0 unspecified atom stereocenters. The minimum Gasteiger partial charge on any atom is -0.492 e. The normalized spacial score (nSPS) is 16.4. The fourth-order valence-corrected chi connectivity index (χ4v) is 1.87. The summed E-state index contributed by atoms with van der Waals surface area (Å²) in [6.45, 7) is 0.612. The Labute approximate surface area is 107 Å². The molecular weight excluding hydrogens is 290 g/mol. The van der Waals surface area contributed by atoms with Gasteiger partial charge in [0.25, 0.3) is 0 Å². The molecule has 1 aromatic rings. The van der Waals surface area contributed by atoms with Gasteiger partial charge in [-0.3, -0.25) is 5.43 Å². The van der Waals surface area contributed by atoms with Gasteiger partial charge >= 0.3 is 0 Å². The minimum atomic E-state index is 0.164. The first-order chi connectivity index (χ1) is 7.66. The number of halogens is 1. The van der Waals surface area contributed by atoms with E-state index in [0.717, 1.165) is 27.9 Å². The van der Waals surface area contributed by atoms with Crippen LogP contribution in [0.25, 0.3) is 0 Å². The topological polar surface area (TPSA) is 59.6 Å². The minimum absolute atomic E-state index is 0.164. The monoisotopic (exact) mass is 299 g/mol. The third-order valence-electron chi connectivity index (χ3n) is 2.15. The van der Waals surface area contributed by atoms with Crippen LogP contribution in [0.5, 0.6) is 5.75 Å². The van der Waals surface area contributed by atoms with Crippen molar-refractivity contribution in [1.82, 2.24) is 5.43 Å². The number of nitrogens with two attached hydrogens (primary N) is 1. The molecule has 0 aromatic heterocycles. The van der Waals surface area contributed by atoms with Crippen LogP contribution in [0.2, 0.25) is 0 Å². The Morgan fingerprint density at radius 1 is 1.56 bits per heavy atom. The van der Waals surface area contributed by atoms with Crippen LogP contribution in [-0.4, -0.2) is 17.4 Å². The maximum absolute atomic E-state index is 5.54. The lowest BCUT2D eigenvalue weighted by Crippen LogP contribution is -2.27. The van der Waals surface area contributed by atoms with E-state index in [0.29, 0.717) is 6.61 Å². The first-order valence-electron chi connectivity index (χ1n) is 4.71. The molecule has 0 saturated heterocycles. The summed E-state index contributed by atoms with van der Waals surface area (Å²) in [6, 6.07) is 5.83. The fourth-order valence-electron chi connectivity index (χ4n) is 1.49. The van der Waals surface area contributed by atoms with E-state index in [4.69, 9.17) is 22.7 Å². The molecule has 0 amide bonds. The highest BCUT2D eigenvalue weighted by Crippen LogP contribution is 2.28. The maximum atomic E-state index is 5.54. The highest BCUT2D eigenvalue weighted by molar-refractivity contribution is 9.10. The third-order valence-corrected chi connectivity index (χ3v) is 2.74. The highest BCUT2D eigenvalue weighted by Gasteiger charge is 2.16. The van der Waals surface area contributed by atoms with E-state index in [2.05, 4.69) is 26.5 Å². The number of hydrazone groups is 1. The number of hydrogen-bond donors (Lipinski definition) is 2. The third kappa shape index (κ3) is 2.51. The zero-order valence-electron chi connectivity index (χ0n) is 8.37. The lowest BCUT2D eigenvalue weighted by molar-refractivity contribution is 0.320. The number of nitrogens with one attached hydrogen (secondary N) is 1. The second-order valence-electron chi connectivity index (χ2n) is 3.27. The van der Waals surface area contributed by atoms with E-state index >= 15 is 0 Å². The molecule has 0 saturated carbocycles. The molecule has 1 aliphatic rings. The molecular formula is C10H10BrN3OS. The van der Waals surface area contributed by atoms with Crippen molar-refractivity contribution in [3.8, 4) is 5.75 Å². The zero-order chi connectivity index (χ0) is 11.5. The maximum Gasteiger partial charge on any atom is 0.184 e. The molecule has 0 fully saturated rings. The Hall–Kier alpha value is -1.14.